The molecule has 0 saturated carbocycles. The Balaban J connectivity index is 2.46. The molecule has 10 heavy (non-hydrogen) atoms. The molecule has 0 aliphatic carbocycles. The molecular formula is C6H10B2O2. The summed E-state index contributed by atoms with van der Waals surface area (Å²) in [6, 6.07) is 0. The van der Waals surface area contributed by atoms with Crippen LogP contribution in [-0.2, 0) is 4.74 Å². The minimum absolute atomic E-state index is 0.0431. The molecule has 1 N–H and O–H groups in total. The van der Waals surface area contributed by atoms with Crippen LogP contribution in [0.1, 0.15) is 13.3 Å². The Labute approximate surface area is 63.8 Å². The van der Waals surface area contributed by atoms with Crippen molar-refractivity contribution in [2.45, 2.75) is 37.4 Å². The highest BCUT2D eigenvalue weighted by Crippen LogP contribution is 2.32. The van der Waals surface area contributed by atoms with Gasteiger partial charge in [-0.2, -0.15) is 0 Å². The third kappa shape index (κ3) is 1.55. The highest BCUT2D eigenvalue weighted by Gasteiger charge is 2.28. The van der Waals surface area contributed by atoms with E-state index in [1.54, 1.807) is 0 Å². The predicted octanol–water partition coefficient (Wildman–Crippen LogP) is 0.0276. The number of hydrogen-bond donors (Lipinski definition) is 1. The number of rotatable bonds is 0. The molecule has 4 radical (unpaired) electrons. The predicted molar refractivity (Wildman–Crippen MR) is 40.2 cm³/mol. The highest BCUT2D eigenvalue weighted by atomic mass is 16.6. The van der Waals surface area contributed by atoms with E-state index in [0.29, 0.717) is 6.42 Å². The Morgan fingerprint density at radius 1 is 1.40 bits per heavy atom. The fraction of sp³-hybridized carbons (Fsp3) is 1.00. The lowest BCUT2D eigenvalue weighted by Gasteiger charge is -2.35. The van der Waals surface area contributed by atoms with Gasteiger partial charge >= 0.3 is 0 Å². The summed E-state index contributed by atoms with van der Waals surface area (Å²) in [7, 11) is 11.1. The molecular weight excluding hydrogens is 126 g/mol. The largest absolute Gasteiger partial charge is 0.368 e. The van der Waals surface area contributed by atoms with Crippen molar-refractivity contribution in [3.8, 4) is 0 Å². The van der Waals surface area contributed by atoms with Crippen LogP contribution in [0.25, 0.3) is 0 Å². The molecule has 1 saturated heterocycles. The molecule has 4 unspecified atom stereocenters. The molecule has 1 aliphatic heterocycles. The van der Waals surface area contributed by atoms with Gasteiger partial charge in [-0.1, -0.05) is 12.2 Å². The first kappa shape index (κ1) is 8.15. The normalized spacial score (nSPS) is 49.0. The Morgan fingerprint density at radius 2 is 2.00 bits per heavy atom. The van der Waals surface area contributed by atoms with Gasteiger partial charge in [-0.3, -0.25) is 0 Å². The third-order valence-corrected chi connectivity index (χ3v) is 1.87. The molecule has 52 valence electrons. The summed E-state index contributed by atoms with van der Waals surface area (Å²) in [5, 5.41) is 9.06. The zero-order valence-corrected chi connectivity index (χ0v) is 6.03. The molecule has 0 aromatic rings. The average Bonchev–Trinajstić information content (AvgIpc) is 1.84. The first-order valence-corrected chi connectivity index (χ1v) is 3.46. The van der Waals surface area contributed by atoms with Gasteiger partial charge in [0.25, 0.3) is 0 Å². The van der Waals surface area contributed by atoms with Crippen molar-refractivity contribution in [1.29, 1.82) is 0 Å². The summed E-state index contributed by atoms with van der Waals surface area (Å²) in [5.41, 5.74) is 0. The topological polar surface area (TPSA) is 29.5 Å². The van der Waals surface area contributed by atoms with Gasteiger partial charge in [0.05, 0.1) is 21.8 Å². The number of ether oxygens (including phenoxy) is 1. The zero-order chi connectivity index (χ0) is 7.72. The third-order valence-electron chi connectivity index (χ3n) is 1.87. The number of hydrogen-bond acceptors (Lipinski definition) is 2. The van der Waals surface area contributed by atoms with E-state index in [2.05, 4.69) is 0 Å². The standard InChI is InChI=1S/C6H10B2O2/c1-3-4(7)2-5(8)6(9)10-3/h3-6,9H,2H2,1H3. The van der Waals surface area contributed by atoms with Gasteiger partial charge in [0.1, 0.15) is 6.29 Å². The maximum absolute atomic E-state index is 9.06. The molecule has 0 amide bonds. The Bertz CT molecular complexity index is 94.3. The molecule has 1 fully saturated rings. The molecule has 1 heterocycles. The number of aliphatic hydroxyl groups excluding tert-OH is 1. The second kappa shape index (κ2) is 2.97. The van der Waals surface area contributed by atoms with Crippen molar-refractivity contribution in [1.82, 2.24) is 0 Å². The maximum Gasteiger partial charge on any atom is 0.149 e. The lowest BCUT2D eigenvalue weighted by Crippen LogP contribution is -2.34. The lowest BCUT2D eigenvalue weighted by atomic mass is 9.68. The highest BCUT2D eigenvalue weighted by molar-refractivity contribution is 6.15. The first-order chi connectivity index (χ1) is 4.61. The van der Waals surface area contributed by atoms with Crippen LogP contribution in [0.3, 0.4) is 0 Å². The van der Waals surface area contributed by atoms with E-state index in [1.807, 2.05) is 6.92 Å². The van der Waals surface area contributed by atoms with Crippen LogP contribution in [0, 0.1) is 0 Å². The molecule has 1 aliphatic rings. The minimum Gasteiger partial charge on any atom is -0.368 e. The Kier molecular flexibility index (Phi) is 2.42. The molecule has 4 heteroatoms. The monoisotopic (exact) mass is 136 g/mol. The van der Waals surface area contributed by atoms with Crippen LogP contribution in [0.4, 0.5) is 0 Å². The molecule has 4 atom stereocenters. The molecule has 2 nitrogen and oxygen atoms in total. The van der Waals surface area contributed by atoms with Crippen LogP contribution < -0.4 is 0 Å². The fourth-order valence-corrected chi connectivity index (χ4v) is 1.04. The summed E-state index contributed by atoms with van der Waals surface area (Å²) in [6.45, 7) is 1.83. The maximum atomic E-state index is 9.06. The zero-order valence-electron chi connectivity index (χ0n) is 6.03. The van der Waals surface area contributed by atoms with E-state index in [9.17, 15) is 0 Å². The van der Waals surface area contributed by atoms with Crippen LogP contribution in [0.5, 0.6) is 0 Å². The van der Waals surface area contributed by atoms with Crippen molar-refractivity contribution in [2.24, 2.45) is 0 Å². The van der Waals surface area contributed by atoms with Gasteiger partial charge in [0, 0.05) is 0 Å². The van der Waals surface area contributed by atoms with Gasteiger partial charge in [-0.25, -0.2) is 0 Å². The van der Waals surface area contributed by atoms with E-state index in [1.165, 1.54) is 0 Å². The quantitative estimate of drug-likeness (QED) is 0.475. The van der Waals surface area contributed by atoms with Crippen LogP contribution >= 0.6 is 0 Å². The number of aliphatic hydroxyl groups is 1. The van der Waals surface area contributed by atoms with Crippen LogP contribution in [0.15, 0.2) is 0 Å². The van der Waals surface area contributed by atoms with Crippen LogP contribution in [0.2, 0.25) is 11.6 Å². The van der Waals surface area contributed by atoms with Crippen molar-refractivity contribution >= 4 is 15.7 Å². The van der Waals surface area contributed by atoms with E-state index >= 15 is 0 Å². The minimum atomic E-state index is -0.838. The smallest absolute Gasteiger partial charge is 0.149 e. The second-order valence-electron chi connectivity index (χ2n) is 2.80. The molecule has 0 bridgehead atoms. The molecule has 0 aromatic heterocycles. The SMILES string of the molecule is [B]C1CC([B])C(O)OC1C. The first-order valence-electron chi connectivity index (χ1n) is 3.46. The van der Waals surface area contributed by atoms with E-state index in [4.69, 9.17) is 25.5 Å². The van der Waals surface area contributed by atoms with E-state index in [0.717, 1.165) is 0 Å². The molecule has 0 aromatic carbocycles. The lowest BCUT2D eigenvalue weighted by molar-refractivity contribution is -0.154. The summed E-state index contributed by atoms with van der Waals surface area (Å²) < 4.78 is 5.02. The van der Waals surface area contributed by atoms with Gasteiger partial charge in [0.15, 0.2) is 0 Å². The van der Waals surface area contributed by atoms with Crippen molar-refractivity contribution in [2.75, 3.05) is 0 Å². The van der Waals surface area contributed by atoms with Gasteiger partial charge in [-0.15, -0.1) is 0 Å². The van der Waals surface area contributed by atoms with Gasteiger partial charge in [0.2, 0.25) is 0 Å². The Morgan fingerprint density at radius 3 is 2.50 bits per heavy atom. The van der Waals surface area contributed by atoms with Crippen molar-refractivity contribution in [3.05, 3.63) is 0 Å². The molecule has 1 rings (SSSR count). The summed E-state index contributed by atoms with van der Waals surface area (Å²) in [6.07, 6.45) is -0.299. The van der Waals surface area contributed by atoms with Gasteiger partial charge in [-0.05, 0) is 12.7 Å². The van der Waals surface area contributed by atoms with E-state index in [-0.39, 0.29) is 17.7 Å². The summed E-state index contributed by atoms with van der Waals surface area (Å²) in [4.78, 5) is 0. The van der Waals surface area contributed by atoms with E-state index < -0.39 is 6.29 Å². The summed E-state index contributed by atoms with van der Waals surface area (Å²) >= 11 is 0. The van der Waals surface area contributed by atoms with Crippen molar-refractivity contribution < 1.29 is 9.84 Å². The second-order valence-corrected chi connectivity index (χ2v) is 2.80. The van der Waals surface area contributed by atoms with Crippen molar-refractivity contribution in [3.63, 3.8) is 0 Å². The average molecular weight is 136 g/mol. The Hall–Kier alpha value is 0.0499. The fourth-order valence-electron chi connectivity index (χ4n) is 1.04. The molecule has 0 spiro atoms. The van der Waals surface area contributed by atoms with Crippen LogP contribution in [-0.4, -0.2) is 33.2 Å². The summed E-state index contributed by atoms with van der Waals surface area (Å²) in [5.74, 6) is -0.371. The van der Waals surface area contributed by atoms with Gasteiger partial charge < -0.3 is 9.84 Å².